The molecule has 0 atom stereocenters. The van der Waals surface area contributed by atoms with E-state index < -0.39 is 0 Å². The summed E-state index contributed by atoms with van der Waals surface area (Å²) in [6, 6.07) is 22.8. The summed E-state index contributed by atoms with van der Waals surface area (Å²) >= 11 is 7.69. The summed E-state index contributed by atoms with van der Waals surface area (Å²) in [5, 5.41) is 3.46. The average Bonchev–Trinajstić information content (AvgIpc) is 2.68. The Morgan fingerprint density at radius 1 is 1.04 bits per heavy atom. The molecule has 0 bridgehead atoms. The lowest BCUT2D eigenvalue weighted by Crippen LogP contribution is -2.12. The average molecular weight is 398 g/mol. The van der Waals surface area contributed by atoms with Crippen molar-refractivity contribution in [3.05, 3.63) is 88.9 Å². The van der Waals surface area contributed by atoms with E-state index in [4.69, 9.17) is 16.3 Å². The highest BCUT2D eigenvalue weighted by atomic mass is 35.5. The molecule has 0 aliphatic heterocycles. The third kappa shape index (κ3) is 5.52. The number of carbonyl (C=O) groups is 1. The van der Waals surface area contributed by atoms with E-state index in [9.17, 15) is 4.79 Å². The van der Waals surface area contributed by atoms with Crippen LogP contribution in [0.4, 0.5) is 5.69 Å². The summed E-state index contributed by atoms with van der Waals surface area (Å²) in [4.78, 5) is 13.8. The lowest BCUT2D eigenvalue weighted by molar-refractivity contribution is 0.102. The molecule has 0 aliphatic rings. The standard InChI is InChI=1S/C22H20ClNO2S/c1-2-26-21-12-11-16(22(25)24-19-8-6-7-18(23)14-19)13-17(21)15-27-20-9-4-3-5-10-20/h3-14H,2,15H2,1H3,(H,24,25). The number of nitrogens with one attached hydrogen (secondary N) is 1. The third-order valence-electron chi connectivity index (χ3n) is 3.84. The van der Waals surface area contributed by atoms with Crippen LogP contribution < -0.4 is 10.1 Å². The van der Waals surface area contributed by atoms with Gasteiger partial charge in [0.25, 0.3) is 5.91 Å². The number of amides is 1. The van der Waals surface area contributed by atoms with Crippen LogP contribution in [0.2, 0.25) is 5.02 Å². The van der Waals surface area contributed by atoms with Gasteiger partial charge in [0, 0.05) is 32.5 Å². The monoisotopic (exact) mass is 397 g/mol. The Morgan fingerprint density at radius 3 is 2.59 bits per heavy atom. The number of hydrogen-bond donors (Lipinski definition) is 1. The lowest BCUT2D eigenvalue weighted by Gasteiger charge is -2.12. The molecule has 0 aliphatic carbocycles. The van der Waals surface area contributed by atoms with Crippen LogP contribution in [0.1, 0.15) is 22.8 Å². The fourth-order valence-electron chi connectivity index (χ4n) is 2.58. The first kappa shape index (κ1) is 19.3. The van der Waals surface area contributed by atoms with Crippen LogP contribution in [-0.2, 0) is 5.75 Å². The first-order valence-corrected chi connectivity index (χ1v) is 10.0. The van der Waals surface area contributed by atoms with Gasteiger partial charge in [-0.05, 0) is 55.5 Å². The molecule has 0 saturated heterocycles. The number of ether oxygens (including phenoxy) is 1. The zero-order valence-corrected chi connectivity index (χ0v) is 16.5. The van der Waals surface area contributed by atoms with Gasteiger partial charge >= 0.3 is 0 Å². The zero-order chi connectivity index (χ0) is 19.1. The van der Waals surface area contributed by atoms with E-state index in [1.807, 2.05) is 43.3 Å². The van der Waals surface area contributed by atoms with Gasteiger partial charge in [0.05, 0.1) is 6.61 Å². The summed E-state index contributed by atoms with van der Waals surface area (Å²) < 4.78 is 5.73. The molecule has 5 heteroatoms. The number of benzene rings is 3. The summed E-state index contributed by atoms with van der Waals surface area (Å²) in [6.07, 6.45) is 0. The highest BCUT2D eigenvalue weighted by molar-refractivity contribution is 7.98. The quantitative estimate of drug-likeness (QED) is 0.476. The van der Waals surface area contributed by atoms with Crippen LogP contribution >= 0.6 is 23.4 Å². The second kappa shape index (κ2) is 9.49. The number of halogens is 1. The van der Waals surface area contributed by atoms with Crippen molar-refractivity contribution < 1.29 is 9.53 Å². The highest BCUT2D eigenvalue weighted by Crippen LogP contribution is 2.29. The Morgan fingerprint density at radius 2 is 1.85 bits per heavy atom. The smallest absolute Gasteiger partial charge is 0.255 e. The number of rotatable bonds is 7. The maximum atomic E-state index is 12.6. The van der Waals surface area contributed by atoms with E-state index >= 15 is 0 Å². The van der Waals surface area contributed by atoms with E-state index in [1.54, 1.807) is 36.0 Å². The molecule has 27 heavy (non-hydrogen) atoms. The molecule has 3 aromatic carbocycles. The van der Waals surface area contributed by atoms with E-state index in [0.29, 0.717) is 22.9 Å². The maximum absolute atomic E-state index is 12.6. The molecule has 0 fully saturated rings. The predicted octanol–water partition coefficient (Wildman–Crippen LogP) is 6.28. The number of anilines is 1. The molecule has 0 spiro atoms. The lowest BCUT2D eigenvalue weighted by atomic mass is 10.1. The first-order valence-electron chi connectivity index (χ1n) is 8.66. The highest BCUT2D eigenvalue weighted by Gasteiger charge is 2.12. The van der Waals surface area contributed by atoms with Crippen LogP contribution in [0.15, 0.2) is 77.7 Å². The Bertz CT molecular complexity index is 915. The van der Waals surface area contributed by atoms with Crippen molar-refractivity contribution in [3.8, 4) is 5.75 Å². The van der Waals surface area contributed by atoms with E-state index in [0.717, 1.165) is 17.1 Å². The Hall–Kier alpha value is -2.43. The van der Waals surface area contributed by atoms with Crippen molar-refractivity contribution in [1.82, 2.24) is 0 Å². The fraction of sp³-hybridized carbons (Fsp3) is 0.136. The molecular formula is C22H20ClNO2S. The van der Waals surface area contributed by atoms with Gasteiger partial charge in [0.1, 0.15) is 5.75 Å². The van der Waals surface area contributed by atoms with Gasteiger partial charge in [-0.15, -0.1) is 11.8 Å². The second-order valence-corrected chi connectivity index (χ2v) is 7.31. The molecule has 0 radical (unpaired) electrons. The molecule has 3 nitrogen and oxygen atoms in total. The fourth-order valence-corrected chi connectivity index (χ4v) is 3.66. The van der Waals surface area contributed by atoms with Crippen LogP contribution in [0.3, 0.4) is 0 Å². The normalized spacial score (nSPS) is 10.4. The van der Waals surface area contributed by atoms with Gasteiger partial charge < -0.3 is 10.1 Å². The maximum Gasteiger partial charge on any atom is 0.255 e. The summed E-state index contributed by atoms with van der Waals surface area (Å²) in [5.74, 6) is 1.35. The summed E-state index contributed by atoms with van der Waals surface area (Å²) in [6.45, 7) is 2.53. The molecule has 3 aromatic rings. The molecule has 138 valence electrons. The minimum Gasteiger partial charge on any atom is -0.494 e. The minimum atomic E-state index is -0.175. The molecule has 0 saturated carbocycles. The van der Waals surface area contributed by atoms with Crippen molar-refractivity contribution in [1.29, 1.82) is 0 Å². The number of carbonyl (C=O) groups excluding carboxylic acids is 1. The van der Waals surface area contributed by atoms with Crippen LogP contribution in [0.5, 0.6) is 5.75 Å². The first-order chi connectivity index (χ1) is 13.2. The van der Waals surface area contributed by atoms with Crippen molar-refractivity contribution in [2.45, 2.75) is 17.6 Å². The topological polar surface area (TPSA) is 38.3 Å². The van der Waals surface area contributed by atoms with E-state index in [2.05, 4.69) is 17.4 Å². The molecule has 1 N–H and O–H groups in total. The van der Waals surface area contributed by atoms with Gasteiger partial charge in [-0.1, -0.05) is 35.9 Å². The summed E-state index contributed by atoms with van der Waals surface area (Å²) in [5.41, 5.74) is 2.24. The molecular weight excluding hydrogens is 378 g/mol. The van der Waals surface area contributed by atoms with Crippen molar-refractivity contribution in [3.63, 3.8) is 0 Å². The third-order valence-corrected chi connectivity index (χ3v) is 5.14. The summed E-state index contributed by atoms with van der Waals surface area (Å²) in [7, 11) is 0. The zero-order valence-electron chi connectivity index (χ0n) is 14.9. The predicted molar refractivity (Wildman–Crippen MR) is 113 cm³/mol. The Labute approximate surface area is 168 Å². The molecule has 0 unspecified atom stereocenters. The largest absolute Gasteiger partial charge is 0.494 e. The Kier molecular flexibility index (Phi) is 6.80. The molecule has 0 heterocycles. The van der Waals surface area contributed by atoms with Crippen LogP contribution in [0.25, 0.3) is 0 Å². The molecule has 3 rings (SSSR count). The van der Waals surface area contributed by atoms with E-state index in [-0.39, 0.29) is 5.91 Å². The van der Waals surface area contributed by atoms with Gasteiger partial charge in [-0.25, -0.2) is 0 Å². The number of hydrogen-bond acceptors (Lipinski definition) is 3. The van der Waals surface area contributed by atoms with Crippen LogP contribution in [-0.4, -0.2) is 12.5 Å². The van der Waals surface area contributed by atoms with Crippen molar-refractivity contribution in [2.24, 2.45) is 0 Å². The van der Waals surface area contributed by atoms with Crippen LogP contribution in [0, 0.1) is 0 Å². The van der Waals surface area contributed by atoms with Gasteiger partial charge in [0.15, 0.2) is 0 Å². The van der Waals surface area contributed by atoms with E-state index in [1.165, 1.54) is 4.90 Å². The van der Waals surface area contributed by atoms with Gasteiger partial charge in [0.2, 0.25) is 0 Å². The van der Waals surface area contributed by atoms with Crippen molar-refractivity contribution in [2.75, 3.05) is 11.9 Å². The van der Waals surface area contributed by atoms with Gasteiger partial charge in [-0.3, -0.25) is 4.79 Å². The molecule has 0 aromatic heterocycles. The Balaban J connectivity index is 1.78. The second-order valence-electron chi connectivity index (χ2n) is 5.82. The SMILES string of the molecule is CCOc1ccc(C(=O)Nc2cccc(Cl)c2)cc1CSc1ccccc1. The molecule has 1 amide bonds. The van der Waals surface area contributed by atoms with Crippen molar-refractivity contribution >= 4 is 35.0 Å². The van der Waals surface area contributed by atoms with Gasteiger partial charge in [-0.2, -0.15) is 0 Å². The minimum absolute atomic E-state index is 0.175. The number of thioether (sulfide) groups is 1.